The van der Waals surface area contributed by atoms with Crippen LogP contribution in [0, 0.1) is 0 Å². The minimum absolute atomic E-state index is 0.136. The Bertz CT molecular complexity index is 1870. The van der Waals surface area contributed by atoms with Gasteiger partial charge >= 0.3 is 0 Å². The van der Waals surface area contributed by atoms with Crippen molar-refractivity contribution in [2.45, 2.75) is 93.8 Å². The summed E-state index contributed by atoms with van der Waals surface area (Å²) in [4.78, 5) is 13.9. The van der Waals surface area contributed by atoms with Gasteiger partial charge in [0, 0.05) is 53.9 Å². The number of ketones is 1. The lowest BCUT2D eigenvalue weighted by Gasteiger charge is -2.27. The number of hydrogen-bond acceptors (Lipinski definition) is 6. The van der Waals surface area contributed by atoms with Crippen molar-refractivity contribution in [2.75, 3.05) is 18.5 Å². The molecule has 0 aromatic heterocycles. The molecular formula is C35H45N2O7S2+. The van der Waals surface area contributed by atoms with E-state index in [1.165, 1.54) is 18.2 Å². The SMILES string of the molecule is CCCC(=O)CCCCCN1/C(=C/C=C/C=C/C2=[N+](C)c3ccc(S(=O)(=O)O)cc3C2(C)C)C(C)(C)c2cc(S(=O)(=O)O)ccc21. The van der Waals surface area contributed by atoms with E-state index in [-0.39, 0.29) is 9.79 Å². The molecule has 2 heterocycles. The highest BCUT2D eigenvalue weighted by Crippen LogP contribution is 2.48. The van der Waals surface area contributed by atoms with Crippen LogP contribution in [0.15, 0.2) is 82.3 Å². The van der Waals surface area contributed by atoms with Crippen LogP contribution in [0.25, 0.3) is 0 Å². The number of Topliss-reactive ketones (excluding diaryl/α,β-unsaturated/α-hetero) is 1. The lowest BCUT2D eigenvalue weighted by Crippen LogP contribution is -2.27. The van der Waals surface area contributed by atoms with Crippen molar-refractivity contribution in [1.82, 2.24) is 0 Å². The van der Waals surface area contributed by atoms with E-state index in [9.17, 15) is 30.7 Å². The van der Waals surface area contributed by atoms with Crippen molar-refractivity contribution in [3.05, 3.63) is 83.6 Å². The maximum atomic E-state index is 12.0. The zero-order chi connectivity index (χ0) is 34.1. The van der Waals surface area contributed by atoms with Gasteiger partial charge in [0.1, 0.15) is 12.8 Å². The summed E-state index contributed by atoms with van der Waals surface area (Å²) in [5.74, 6) is 0.295. The molecule has 4 rings (SSSR count). The van der Waals surface area contributed by atoms with Crippen molar-refractivity contribution < 1.29 is 35.3 Å². The molecule has 9 nitrogen and oxygen atoms in total. The van der Waals surface area contributed by atoms with E-state index in [0.717, 1.165) is 59.6 Å². The standard InChI is InChI=1S/C35H44N2O7S2/c1-7-14-25(38)15-10-9-13-22-37-31-21-19-27(46(42,43)44)24-29(31)35(4,5)33(37)17-12-8-11-16-32-34(2,3)28-23-26(45(39,40)41)18-20-30(28)36(32)6/h8,11-12,16-21,23-24H,7,9-10,13-15,22H2,1-6H3,(H-,39,40,41,42,43,44)/p+1. The highest BCUT2D eigenvalue weighted by molar-refractivity contribution is 7.86. The Hall–Kier alpha value is -3.38. The number of allylic oxidation sites excluding steroid dienone is 6. The van der Waals surface area contributed by atoms with Gasteiger partial charge in [-0.2, -0.15) is 21.4 Å². The predicted molar refractivity (Wildman–Crippen MR) is 182 cm³/mol. The summed E-state index contributed by atoms with van der Waals surface area (Å²) in [5, 5.41) is 0. The first-order valence-corrected chi connectivity index (χ1v) is 18.5. The van der Waals surface area contributed by atoms with Crippen LogP contribution in [-0.2, 0) is 35.9 Å². The number of nitrogens with zero attached hydrogens (tertiary/aromatic N) is 2. The Morgan fingerprint density at radius 1 is 0.826 bits per heavy atom. The molecule has 2 N–H and O–H groups in total. The van der Waals surface area contributed by atoms with E-state index in [1.54, 1.807) is 18.2 Å². The molecule has 46 heavy (non-hydrogen) atoms. The van der Waals surface area contributed by atoms with Crippen LogP contribution in [-0.4, -0.2) is 55.6 Å². The first-order valence-electron chi connectivity index (χ1n) is 15.6. The quantitative estimate of drug-likeness (QED) is 0.102. The number of benzene rings is 2. The first-order chi connectivity index (χ1) is 21.4. The van der Waals surface area contributed by atoms with E-state index in [4.69, 9.17) is 0 Å². The molecule has 2 aromatic carbocycles. The summed E-state index contributed by atoms with van der Waals surface area (Å²) in [5.41, 5.74) is 4.25. The lowest BCUT2D eigenvalue weighted by molar-refractivity contribution is -0.401. The zero-order valence-corrected chi connectivity index (χ0v) is 29.1. The highest BCUT2D eigenvalue weighted by Gasteiger charge is 2.44. The Balaban J connectivity index is 1.58. The summed E-state index contributed by atoms with van der Waals surface area (Å²) < 4.78 is 68.7. The second-order valence-electron chi connectivity index (χ2n) is 13.0. The van der Waals surface area contributed by atoms with Gasteiger partial charge in [-0.25, -0.2) is 0 Å². The molecule has 0 fully saturated rings. The molecule has 0 atom stereocenters. The van der Waals surface area contributed by atoms with Crippen molar-refractivity contribution in [1.29, 1.82) is 0 Å². The Kier molecular flexibility index (Phi) is 10.3. The van der Waals surface area contributed by atoms with Crippen LogP contribution in [0.5, 0.6) is 0 Å². The number of unbranched alkanes of at least 4 members (excludes halogenated alkanes) is 2. The minimum atomic E-state index is -4.36. The molecule has 0 amide bonds. The Morgan fingerprint density at radius 2 is 1.46 bits per heavy atom. The van der Waals surface area contributed by atoms with Crippen molar-refractivity contribution >= 4 is 43.1 Å². The predicted octanol–water partition coefficient (Wildman–Crippen LogP) is 6.91. The molecule has 2 aliphatic rings. The van der Waals surface area contributed by atoms with Crippen molar-refractivity contribution in [2.24, 2.45) is 0 Å². The van der Waals surface area contributed by atoms with Crippen LogP contribution >= 0.6 is 0 Å². The number of anilines is 1. The van der Waals surface area contributed by atoms with Crippen molar-refractivity contribution in [3.63, 3.8) is 0 Å². The van der Waals surface area contributed by atoms with E-state index >= 15 is 0 Å². The van der Waals surface area contributed by atoms with Gasteiger partial charge in [-0.1, -0.05) is 45.4 Å². The molecule has 0 unspecified atom stereocenters. The number of rotatable bonds is 13. The van der Waals surface area contributed by atoms with E-state index in [0.29, 0.717) is 25.2 Å². The molecule has 0 radical (unpaired) electrons. The maximum Gasteiger partial charge on any atom is 0.294 e. The van der Waals surface area contributed by atoms with Crippen molar-refractivity contribution in [3.8, 4) is 0 Å². The zero-order valence-electron chi connectivity index (χ0n) is 27.4. The largest absolute Gasteiger partial charge is 0.344 e. The van der Waals surface area contributed by atoms with Crippen LogP contribution in [0.2, 0.25) is 0 Å². The number of hydrogen-bond donors (Lipinski definition) is 2. The summed E-state index contributed by atoms with van der Waals surface area (Å²) in [6, 6.07) is 9.34. The summed E-state index contributed by atoms with van der Waals surface area (Å²) in [6.45, 7) is 10.8. The first kappa shape index (κ1) is 35.5. The third kappa shape index (κ3) is 7.27. The number of fused-ring (bicyclic) bond motifs is 2. The fraction of sp³-hybridized carbons (Fsp3) is 0.429. The van der Waals surface area contributed by atoms with E-state index in [2.05, 4.69) is 4.90 Å². The molecule has 2 aromatic rings. The molecule has 0 saturated heterocycles. The van der Waals surface area contributed by atoms with Gasteiger partial charge in [0.05, 0.1) is 15.2 Å². The Morgan fingerprint density at radius 3 is 2.09 bits per heavy atom. The topological polar surface area (TPSA) is 132 Å². The number of carbonyl (C=O) groups is 1. The third-order valence-electron chi connectivity index (χ3n) is 9.06. The van der Waals surface area contributed by atoms with Crippen LogP contribution in [0.3, 0.4) is 0 Å². The average molecular weight is 670 g/mol. The molecule has 0 spiro atoms. The highest BCUT2D eigenvalue weighted by atomic mass is 32.2. The summed E-state index contributed by atoms with van der Waals surface area (Å²) in [6.07, 6.45) is 14.4. The second kappa shape index (κ2) is 13.4. The van der Waals surface area contributed by atoms with Crippen LogP contribution in [0.4, 0.5) is 11.4 Å². The summed E-state index contributed by atoms with van der Waals surface area (Å²) >= 11 is 0. The summed E-state index contributed by atoms with van der Waals surface area (Å²) in [7, 11) is -6.77. The molecule has 248 valence electrons. The van der Waals surface area contributed by atoms with Gasteiger partial charge in [0.2, 0.25) is 5.69 Å². The fourth-order valence-electron chi connectivity index (χ4n) is 6.56. The van der Waals surface area contributed by atoms with Gasteiger partial charge in [-0.15, -0.1) is 0 Å². The molecule has 0 bridgehead atoms. The van der Waals surface area contributed by atoms with Gasteiger partial charge in [-0.3, -0.25) is 13.9 Å². The minimum Gasteiger partial charge on any atom is -0.344 e. The van der Waals surface area contributed by atoms with Crippen LogP contribution in [0.1, 0.15) is 84.3 Å². The lowest BCUT2D eigenvalue weighted by atomic mass is 9.81. The molecule has 11 heteroatoms. The van der Waals surface area contributed by atoms with Gasteiger partial charge in [-0.05, 0) is 75.1 Å². The molecule has 0 aliphatic carbocycles. The van der Waals surface area contributed by atoms with E-state index in [1.807, 2.05) is 76.6 Å². The van der Waals surface area contributed by atoms with Gasteiger partial charge < -0.3 is 4.90 Å². The van der Waals surface area contributed by atoms with Gasteiger partial charge in [0.15, 0.2) is 5.71 Å². The third-order valence-corrected chi connectivity index (χ3v) is 10.8. The molecule has 0 saturated carbocycles. The maximum absolute atomic E-state index is 12.0. The normalized spacial score (nSPS) is 18.3. The second-order valence-corrected chi connectivity index (χ2v) is 15.9. The molecule has 2 aliphatic heterocycles. The molecular weight excluding hydrogens is 625 g/mol. The fourth-order valence-corrected chi connectivity index (χ4v) is 7.58. The Labute approximate surface area is 273 Å². The average Bonchev–Trinajstić information content (AvgIpc) is 3.29. The monoisotopic (exact) mass is 669 g/mol. The van der Waals surface area contributed by atoms with Crippen LogP contribution < -0.4 is 4.90 Å². The number of carbonyl (C=O) groups excluding carboxylic acids is 1. The van der Waals surface area contributed by atoms with E-state index < -0.39 is 31.1 Å². The van der Waals surface area contributed by atoms with Gasteiger partial charge in [0.25, 0.3) is 20.2 Å². The smallest absolute Gasteiger partial charge is 0.294 e.